The minimum Gasteiger partial charge on any atom is -0.355 e. The van der Waals surface area contributed by atoms with Gasteiger partial charge in [-0.15, -0.1) is 0 Å². The second-order valence-electron chi connectivity index (χ2n) is 5.67. The van der Waals surface area contributed by atoms with Crippen molar-refractivity contribution in [3.05, 3.63) is 0 Å². The molecule has 0 spiro atoms. The average molecular weight is 224 g/mol. The van der Waals surface area contributed by atoms with E-state index in [4.69, 9.17) is 0 Å². The van der Waals surface area contributed by atoms with Crippen molar-refractivity contribution in [2.24, 2.45) is 17.3 Å². The van der Waals surface area contributed by atoms with E-state index in [1.54, 1.807) is 0 Å². The van der Waals surface area contributed by atoms with Gasteiger partial charge in [0.2, 0.25) is 5.91 Å². The second kappa shape index (κ2) is 4.74. The molecule has 92 valence electrons. The minimum absolute atomic E-state index is 0.189. The molecule has 0 aromatic heterocycles. The maximum absolute atomic E-state index is 12.0. The molecule has 1 amide bonds. The lowest BCUT2D eigenvalue weighted by Crippen LogP contribution is -2.44. The summed E-state index contributed by atoms with van der Waals surface area (Å²) in [5, 5.41) is 6.45. The quantitative estimate of drug-likeness (QED) is 0.760. The molecular weight excluding hydrogens is 200 g/mol. The maximum Gasteiger partial charge on any atom is 0.224 e. The number of nitrogens with one attached hydrogen (secondary N) is 2. The van der Waals surface area contributed by atoms with E-state index in [0.717, 1.165) is 19.6 Å². The number of hydrogen-bond donors (Lipinski definition) is 2. The molecule has 2 aliphatic rings. The van der Waals surface area contributed by atoms with Gasteiger partial charge in [0, 0.05) is 13.1 Å². The van der Waals surface area contributed by atoms with Crippen LogP contribution in [0.1, 0.15) is 39.5 Å². The summed E-state index contributed by atoms with van der Waals surface area (Å²) in [5.74, 6) is 0.935. The van der Waals surface area contributed by atoms with Crippen molar-refractivity contribution in [2.75, 3.05) is 19.6 Å². The number of carbonyl (C=O) groups excluding carboxylic acids is 1. The molecule has 1 aliphatic heterocycles. The topological polar surface area (TPSA) is 41.1 Å². The normalized spacial score (nSPS) is 32.1. The third kappa shape index (κ3) is 2.24. The summed E-state index contributed by atoms with van der Waals surface area (Å²) >= 11 is 0. The molecule has 1 aliphatic carbocycles. The Morgan fingerprint density at radius 2 is 2.19 bits per heavy atom. The molecule has 1 heterocycles. The predicted octanol–water partition coefficient (Wildman–Crippen LogP) is 1.54. The molecule has 2 atom stereocenters. The van der Waals surface area contributed by atoms with Crippen LogP contribution in [0.3, 0.4) is 0 Å². The lowest BCUT2D eigenvalue weighted by atomic mass is 9.67. The van der Waals surface area contributed by atoms with E-state index in [9.17, 15) is 4.79 Å². The van der Waals surface area contributed by atoms with Crippen LogP contribution in [0.5, 0.6) is 0 Å². The van der Waals surface area contributed by atoms with Crippen LogP contribution in [-0.4, -0.2) is 25.5 Å². The Hall–Kier alpha value is -0.570. The molecule has 2 N–H and O–H groups in total. The summed E-state index contributed by atoms with van der Waals surface area (Å²) in [7, 11) is 0. The summed E-state index contributed by atoms with van der Waals surface area (Å²) in [6.45, 7) is 7.13. The van der Waals surface area contributed by atoms with E-state index >= 15 is 0 Å². The van der Waals surface area contributed by atoms with Crippen molar-refractivity contribution in [1.82, 2.24) is 10.6 Å². The first kappa shape index (κ1) is 11.9. The fraction of sp³-hybridized carbons (Fsp3) is 0.923. The van der Waals surface area contributed by atoms with Gasteiger partial charge in [0.05, 0.1) is 5.92 Å². The average Bonchev–Trinajstić information content (AvgIpc) is 2.63. The van der Waals surface area contributed by atoms with Gasteiger partial charge in [-0.05, 0) is 37.1 Å². The van der Waals surface area contributed by atoms with Crippen molar-refractivity contribution >= 4 is 5.91 Å². The van der Waals surface area contributed by atoms with E-state index in [0.29, 0.717) is 11.3 Å². The monoisotopic (exact) mass is 224 g/mol. The van der Waals surface area contributed by atoms with Gasteiger partial charge in [0.25, 0.3) is 0 Å². The van der Waals surface area contributed by atoms with Gasteiger partial charge in [-0.3, -0.25) is 4.79 Å². The SMILES string of the molecule is CCC1(CNC(=O)C2CNCC2C)CCC1. The molecule has 2 unspecified atom stereocenters. The van der Waals surface area contributed by atoms with Gasteiger partial charge in [-0.1, -0.05) is 20.3 Å². The summed E-state index contributed by atoms with van der Waals surface area (Å²) in [5.41, 5.74) is 0.435. The lowest BCUT2D eigenvalue weighted by Gasteiger charge is -2.41. The van der Waals surface area contributed by atoms with Crippen LogP contribution >= 0.6 is 0 Å². The van der Waals surface area contributed by atoms with E-state index in [-0.39, 0.29) is 11.8 Å². The van der Waals surface area contributed by atoms with Crippen LogP contribution in [0.4, 0.5) is 0 Å². The zero-order valence-corrected chi connectivity index (χ0v) is 10.5. The number of carbonyl (C=O) groups is 1. The first-order valence-corrected chi connectivity index (χ1v) is 6.65. The zero-order valence-electron chi connectivity index (χ0n) is 10.5. The van der Waals surface area contributed by atoms with Gasteiger partial charge < -0.3 is 10.6 Å². The molecule has 0 aromatic carbocycles. The third-order valence-corrected chi connectivity index (χ3v) is 4.66. The second-order valence-corrected chi connectivity index (χ2v) is 5.67. The highest BCUT2D eigenvalue weighted by Gasteiger charge is 2.36. The fourth-order valence-electron chi connectivity index (χ4n) is 2.90. The van der Waals surface area contributed by atoms with Crippen molar-refractivity contribution in [3.63, 3.8) is 0 Å². The van der Waals surface area contributed by atoms with Crippen LogP contribution in [0.2, 0.25) is 0 Å². The zero-order chi connectivity index (χ0) is 11.6. The van der Waals surface area contributed by atoms with Crippen LogP contribution in [0, 0.1) is 17.3 Å². The molecule has 2 rings (SSSR count). The standard InChI is InChI=1S/C13H24N2O/c1-3-13(5-4-6-13)9-15-12(16)11-8-14-7-10(11)2/h10-11,14H,3-9H2,1-2H3,(H,15,16). The summed E-state index contributed by atoms with van der Waals surface area (Å²) in [6, 6.07) is 0. The highest BCUT2D eigenvalue weighted by Crippen LogP contribution is 2.43. The highest BCUT2D eigenvalue weighted by atomic mass is 16.1. The molecule has 3 heteroatoms. The van der Waals surface area contributed by atoms with Crippen LogP contribution in [-0.2, 0) is 4.79 Å². The Labute approximate surface area is 98.4 Å². The Balaban J connectivity index is 1.79. The maximum atomic E-state index is 12.0. The van der Waals surface area contributed by atoms with Crippen molar-refractivity contribution < 1.29 is 4.79 Å². The molecule has 0 aromatic rings. The van der Waals surface area contributed by atoms with E-state index in [2.05, 4.69) is 24.5 Å². The van der Waals surface area contributed by atoms with E-state index in [1.165, 1.54) is 25.7 Å². The Bertz CT molecular complexity index is 255. The van der Waals surface area contributed by atoms with Crippen LogP contribution < -0.4 is 10.6 Å². The van der Waals surface area contributed by atoms with E-state index in [1.807, 2.05) is 0 Å². The Morgan fingerprint density at radius 1 is 1.44 bits per heavy atom. The van der Waals surface area contributed by atoms with Gasteiger partial charge in [0.1, 0.15) is 0 Å². The van der Waals surface area contributed by atoms with Crippen molar-refractivity contribution in [3.8, 4) is 0 Å². The number of hydrogen-bond acceptors (Lipinski definition) is 2. The van der Waals surface area contributed by atoms with Gasteiger partial charge in [-0.2, -0.15) is 0 Å². The summed E-state index contributed by atoms with van der Waals surface area (Å²) in [4.78, 5) is 12.0. The molecule has 3 nitrogen and oxygen atoms in total. The van der Waals surface area contributed by atoms with Gasteiger partial charge in [0.15, 0.2) is 0 Å². The number of amides is 1. The first-order chi connectivity index (χ1) is 7.67. The number of rotatable bonds is 4. The smallest absolute Gasteiger partial charge is 0.224 e. The summed E-state index contributed by atoms with van der Waals surface area (Å²) < 4.78 is 0. The highest BCUT2D eigenvalue weighted by molar-refractivity contribution is 5.79. The molecule has 0 bridgehead atoms. The Kier molecular flexibility index (Phi) is 3.53. The molecule has 16 heavy (non-hydrogen) atoms. The van der Waals surface area contributed by atoms with Gasteiger partial charge >= 0.3 is 0 Å². The first-order valence-electron chi connectivity index (χ1n) is 6.65. The fourth-order valence-corrected chi connectivity index (χ4v) is 2.90. The molecule has 0 radical (unpaired) electrons. The van der Waals surface area contributed by atoms with Crippen molar-refractivity contribution in [2.45, 2.75) is 39.5 Å². The minimum atomic E-state index is 0.189. The summed E-state index contributed by atoms with van der Waals surface area (Å²) in [6.07, 6.45) is 5.13. The van der Waals surface area contributed by atoms with Gasteiger partial charge in [-0.25, -0.2) is 0 Å². The van der Waals surface area contributed by atoms with Crippen LogP contribution in [0.15, 0.2) is 0 Å². The molecule has 1 saturated heterocycles. The molecule has 1 saturated carbocycles. The third-order valence-electron chi connectivity index (χ3n) is 4.66. The predicted molar refractivity (Wildman–Crippen MR) is 65.1 cm³/mol. The van der Waals surface area contributed by atoms with E-state index < -0.39 is 0 Å². The Morgan fingerprint density at radius 3 is 2.62 bits per heavy atom. The largest absolute Gasteiger partial charge is 0.355 e. The molecular formula is C13H24N2O. The molecule has 2 fully saturated rings. The van der Waals surface area contributed by atoms with Crippen molar-refractivity contribution in [1.29, 1.82) is 0 Å². The lowest BCUT2D eigenvalue weighted by molar-refractivity contribution is -0.126. The van der Waals surface area contributed by atoms with Crippen LogP contribution in [0.25, 0.3) is 0 Å².